The minimum Gasteiger partial charge on any atom is -0.497 e. The second-order valence-corrected chi connectivity index (χ2v) is 5.13. The van der Waals surface area contributed by atoms with Crippen LogP contribution in [-0.2, 0) is 14.6 Å². The molecule has 1 N–H and O–H groups in total. The topological polar surface area (TPSA) is 89.9 Å². The first-order valence-corrected chi connectivity index (χ1v) is 6.22. The van der Waals surface area contributed by atoms with E-state index in [0.29, 0.717) is 5.75 Å². The third-order valence-electron chi connectivity index (χ3n) is 2.02. The molecule has 0 bridgehead atoms. The molecular formula is C10H12O6S. The molecule has 0 radical (unpaired) electrons. The molecule has 0 aliphatic heterocycles. The van der Waals surface area contributed by atoms with Crippen molar-refractivity contribution in [2.45, 2.75) is 4.90 Å². The fourth-order valence-electron chi connectivity index (χ4n) is 1.27. The van der Waals surface area contributed by atoms with Crippen molar-refractivity contribution in [3.05, 3.63) is 18.2 Å². The summed E-state index contributed by atoms with van der Waals surface area (Å²) >= 11 is 0. The van der Waals surface area contributed by atoms with Gasteiger partial charge in [0.15, 0.2) is 15.6 Å². The molecule has 0 amide bonds. The molecule has 1 aromatic rings. The maximum absolute atomic E-state index is 11.8. The van der Waals surface area contributed by atoms with Gasteiger partial charge in [-0.1, -0.05) is 0 Å². The Morgan fingerprint density at radius 1 is 1.29 bits per heavy atom. The van der Waals surface area contributed by atoms with Crippen molar-refractivity contribution in [1.29, 1.82) is 0 Å². The van der Waals surface area contributed by atoms with E-state index in [4.69, 9.17) is 14.6 Å². The number of carboxylic acids is 1. The first-order valence-electron chi connectivity index (χ1n) is 4.57. The SMILES string of the molecule is COc1ccc(OC)c(S(=O)(=O)CC(=O)O)c1. The first kappa shape index (κ1) is 13.3. The van der Waals surface area contributed by atoms with Crippen LogP contribution < -0.4 is 9.47 Å². The Balaban J connectivity index is 3.32. The lowest BCUT2D eigenvalue weighted by Crippen LogP contribution is -2.16. The van der Waals surface area contributed by atoms with E-state index in [0.717, 1.165) is 0 Å². The largest absolute Gasteiger partial charge is 0.497 e. The molecule has 0 saturated heterocycles. The van der Waals surface area contributed by atoms with Crippen LogP contribution in [0.3, 0.4) is 0 Å². The predicted molar refractivity (Wildman–Crippen MR) is 59.2 cm³/mol. The Morgan fingerprint density at radius 3 is 2.41 bits per heavy atom. The van der Waals surface area contributed by atoms with Gasteiger partial charge < -0.3 is 14.6 Å². The van der Waals surface area contributed by atoms with Gasteiger partial charge in [0.2, 0.25) is 0 Å². The zero-order chi connectivity index (χ0) is 13.1. The fourth-order valence-corrected chi connectivity index (χ4v) is 2.50. The molecule has 0 aromatic heterocycles. The zero-order valence-corrected chi connectivity index (χ0v) is 10.2. The third kappa shape index (κ3) is 3.10. The van der Waals surface area contributed by atoms with Crippen LogP contribution in [0.1, 0.15) is 0 Å². The Hall–Kier alpha value is -1.76. The summed E-state index contributed by atoms with van der Waals surface area (Å²) in [4.78, 5) is 10.3. The third-order valence-corrected chi connectivity index (χ3v) is 3.64. The summed E-state index contributed by atoms with van der Waals surface area (Å²) < 4.78 is 33.3. The van der Waals surface area contributed by atoms with Crippen LogP contribution in [0.25, 0.3) is 0 Å². The highest BCUT2D eigenvalue weighted by molar-refractivity contribution is 7.92. The van der Waals surface area contributed by atoms with Crippen LogP contribution in [0.5, 0.6) is 11.5 Å². The number of aliphatic carboxylic acids is 1. The summed E-state index contributed by atoms with van der Waals surface area (Å²) in [7, 11) is -1.25. The smallest absolute Gasteiger partial charge is 0.319 e. The highest BCUT2D eigenvalue weighted by atomic mass is 32.2. The van der Waals surface area contributed by atoms with Crippen LogP contribution in [0.2, 0.25) is 0 Å². The van der Waals surface area contributed by atoms with Gasteiger partial charge in [-0.15, -0.1) is 0 Å². The number of carboxylic acid groups (broad SMARTS) is 1. The summed E-state index contributed by atoms with van der Waals surface area (Å²) in [5.74, 6) is -2.01. The van der Waals surface area contributed by atoms with E-state index in [9.17, 15) is 13.2 Å². The number of ether oxygens (including phenoxy) is 2. The highest BCUT2D eigenvalue weighted by Gasteiger charge is 2.23. The molecule has 1 aromatic carbocycles. The minimum absolute atomic E-state index is 0.0899. The van der Waals surface area contributed by atoms with Crippen molar-refractivity contribution in [2.75, 3.05) is 20.0 Å². The van der Waals surface area contributed by atoms with E-state index in [1.807, 2.05) is 0 Å². The molecule has 0 saturated carbocycles. The average Bonchev–Trinajstić information content (AvgIpc) is 2.26. The molecule has 0 aliphatic rings. The van der Waals surface area contributed by atoms with Crippen molar-refractivity contribution in [3.8, 4) is 11.5 Å². The van der Waals surface area contributed by atoms with E-state index in [1.54, 1.807) is 0 Å². The fraction of sp³-hybridized carbons (Fsp3) is 0.300. The molecule has 1 rings (SSSR count). The van der Waals surface area contributed by atoms with Gasteiger partial charge in [0, 0.05) is 6.07 Å². The van der Waals surface area contributed by atoms with Gasteiger partial charge in [-0.25, -0.2) is 8.42 Å². The molecule has 94 valence electrons. The predicted octanol–water partition coefficient (Wildman–Crippen LogP) is 0.562. The van der Waals surface area contributed by atoms with Gasteiger partial charge in [-0.2, -0.15) is 0 Å². The lowest BCUT2D eigenvalue weighted by Gasteiger charge is -2.09. The summed E-state index contributed by atoms with van der Waals surface area (Å²) in [6.07, 6.45) is 0. The number of carbonyl (C=O) groups is 1. The summed E-state index contributed by atoms with van der Waals surface area (Å²) in [5.41, 5.74) is 0. The van der Waals surface area contributed by atoms with Crippen molar-refractivity contribution >= 4 is 15.8 Å². The van der Waals surface area contributed by atoms with Crippen molar-refractivity contribution in [3.63, 3.8) is 0 Å². The average molecular weight is 260 g/mol. The van der Waals surface area contributed by atoms with E-state index in [2.05, 4.69) is 0 Å². The van der Waals surface area contributed by atoms with Crippen LogP contribution >= 0.6 is 0 Å². The van der Waals surface area contributed by atoms with E-state index in [-0.39, 0.29) is 10.6 Å². The number of hydrogen-bond acceptors (Lipinski definition) is 5. The Morgan fingerprint density at radius 2 is 1.94 bits per heavy atom. The number of benzene rings is 1. The molecule has 0 unspecified atom stereocenters. The summed E-state index contributed by atoms with van der Waals surface area (Å²) in [5, 5.41) is 8.55. The van der Waals surface area contributed by atoms with Gasteiger partial charge in [-0.05, 0) is 12.1 Å². The molecule has 7 heteroatoms. The second-order valence-electron chi connectivity index (χ2n) is 3.17. The van der Waals surface area contributed by atoms with Crippen LogP contribution in [0.15, 0.2) is 23.1 Å². The molecule has 0 spiro atoms. The highest BCUT2D eigenvalue weighted by Crippen LogP contribution is 2.28. The number of rotatable bonds is 5. The summed E-state index contributed by atoms with van der Waals surface area (Å²) in [6, 6.07) is 4.17. The van der Waals surface area contributed by atoms with Gasteiger partial charge in [0.1, 0.15) is 16.4 Å². The minimum atomic E-state index is -3.94. The Bertz CT molecular complexity index is 520. The number of sulfone groups is 1. The lowest BCUT2D eigenvalue weighted by atomic mass is 10.3. The zero-order valence-electron chi connectivity index (χ0n) is 9.34. The number of methoxy groups -OCH3 is 2. The van der Waals surface area contributed by atoms with Crippen LogP contribution in [0.4, 0.5) is 0 Å². The second kappa shape index (κ2) is 5.05. The molecule has 0 heterocycles. The molecular weight excluding hydrogens is 248 g/mol. The normalized spacial score (nSPS) is 10.9. The maximum atomic E-state index is 11.8. The van der Waals surface area contributed by atoms with E-state index < -0.39 is 21.6 Å². The monoisotopic (exact) mass is 260 g/mol. The van der Waals surface area contributed by atoms with E-state index in [1.165, 1.54) is 32.4 Å². The Labute approximate surface area is 98.7 Å². The van der Waals surface area contributed by atoms with Crippen molar-refractivity contribution in [2.24, 2.45) is 0 Å². The molecule has 17 heavy (non-hydrogen) atoms. The first-order chi connectivity index (χ1) is 7.90. The quantitative estimate of drug-likeness (QED) is 0.832. The van der Waals surface area contributed by atoms with E-state index >= 15 is 0 Å². The summed E-state index contributed by atoms with van der Waals surface area (Å²) in [6.45, 7) is 0. The standard InChI is InChI=1S/C10H12O6S/c1-15-7-3-4-8(16-2)9(5-7)17(13,14)6-10(11)12/h3-5H,6H2,1-2H3,(H,11,12). The Kier molecular flexibility index (Phi) is 3.95. The maximum Gasteiger partial charge on any atom is 0.319 e. The molecule has 0 atom stereocenters. The van der Waals surface area contributed by atoms with Gasteiger partial charge in [-0.3, -0.25) is 4.79 Å². The van der Waals surface area contributed by atoms with Crippen molar-refractivity contribution in [1.82, 2.24) is 0 Å². The van der Waals surface area contributed by atoms with Gasteiger partial charge in [0.25, 0.3) is 0 Å². The molecule has 0 fully saturated rings. The number of hydrogen-bond donors (Lipinski definition) is 1. The van der Waals surface area contributed by atoms with Crippen LogP contribution in [-0.4, -0.2) is 39.5 Å². The molecule has 0 aliphatic carbocycles. The molecule has 6 nitrogen and oxygen atoms in total. The van der Waals surface area contributed by atoms with Gasteiger partial charge in [0.05, 0.1) is 14.2 Å². The lowest BCUT2D eigenvalue weighted by molar-refractivity contribution is -0.134. The van der Waals surface area contributed by atoms with Crippen LogP contribution in [0, 0.1) is 0 Å². The van der Waals surface area contributed by atoms with Gasteiger partial charge >= 0.3 is 5.97 Å². The van der Waals surface area contributed by atoms with Crippen molar-refractivity contribution < 1.29 is 27.8 Å².